The van der Waals surface area contributed by atoms with Gasteiger partial charge < -0.3 is 15.0 Å². The summed E-state index contributed by atoms with van der Waals surface area (Å²) in [7, 11) is 0. The maximum absolute atomic E-state index is 12.6. The second kappa shape index (κ2) is 6.80. The van der Waals surface area contributed by atoms with E-state index in [9.17, 15) is 4.79 Å². The van der Waals surface area contributed by atoms with E-state index in [0.29, 0.717) is 13.2 Å². The van der Waals surface area contributed by atoms with Gasteiger partial charge in [0.25, 0.3) is 5.91 Å². The van der Waals surface area contributed by atoms with Gasteiger partial charge in [0, 0.05) is 27.6 Å². The molecule has 4 aromatic rings. The van der Waals surface area contributed by atoms with Crippen LogP contribution in [-0.2, 0) is 6.42 Å². The molecule has 0 bridgehead atoms. The molecule has 156 valence electrons. The number of carbonyl (C=O) groups excluding carboxylic acids is 1. The van der Waals surface area contributed by atoms with Gasteiger partial charge >= 0.3 is 0 Å². The van der Waals surface area contributed by atoms with E-state index in [0.717, 1.165) is 39.1 Å². The van der Waals surface area contributed by atoms with Crippen LogP contribution in [0.5, 0.6) is 5.75 Å². The van der Waals surface area contributed by atoms with Crippen molar-refractivity contribution in [3.05, 3.63) is 58.4 Å². The highest BCUT2D eigenvalue weighted by molar-refractivity contribution is 7.18. The lowest BCUT2D eigenvalue weighted by atomic mass is 9.94. The molecule has 2 aliphatic heterocycles. The number of thiophene rings is 1. The topological polar surface area (TPSA) is 54.5 Å². The summed E-state index contributed by atoms with van der Waals surface area (Å²) in [5.41, 5.74) is 4.01. The summed E-state index contributed by atoms with van der Waals surface area (Å²) >= 11 is 3.23. The molecule has 1 amide bonds. The number of benzene rings is 2. The summed E-state index contributed by atoms with van der Waals surface area (Å²) < 4.78 is 7.23. The van der Waals surface area contributed by atoms with Crippen LogP contribution in [0.2, 0.25) is 0 Å². The summed E-state index contributed by atoms with van der Waals surface area (Å²) in [4.78, 5) is 20.4. The number of ether oxygens (including phenoxy) is 1. The van der Waals surface area contributed by atoms with Crippen molar-refractivity contribution in [1.29, 1.82) is 0 Å². The van der Waals surface area contributed by atoms with Crippen molar-refractivity contribution in [1.82, 2.24) is 10.3 Å². The number of hydrogen-bond donors (Lipinski definition) is 1. The number of amides is 1. The number of carbonyl (C=O) groups is 1. The van der Waals surface area contributed by atoms with Crippen molar-refractivity contribution in [3.8, 4) is 16.9 Å². The molecule has 4 heterocycles. The van der Waals surface area contributed by atoms with Crippen LogP contribution in [0.4, 0.5) is 10.8 Å². The maximum atomic E-state index is 12.6. The van der Waals surface area contributed by atoms with Crippen LogP contribution in [0.15, 0.2) is 47.8 Å². The molecule has 2 aromatic heterocycles. The van der Waals surface area contributed by atoms with E-state index in [1.165, 1.54) is 27.0 Å². The SMILES string of the molecule is CC1(C)Cc2nc(N3CCOc4ccc(-c5csc6ccccc56)cc43)sc2C(=O)N1. The molecule has 0 saturated carbocycles. The van der Waals surface area contributed by atoms with Crippen LogP contribution in [0.3, 0.4) is 0 Å². The number of hydrogen-bond acceptors (Lipinski definition) is 6. The van der Waals surface area contributed by atoms with E-state index in [-0.39, 0.29) is 11.4 Å². The molecule has 2 aromatic carbocycles. The molecule has 0 radical (unpaired) electrons. The Labute approximate surface area is 188 Å². The molecule has 0 aliphatic carbocycles. The van der Waals surface area contributed by atoms with Gasteiger partial charge in [-0.1, -0.05) is 35.6 Å². The predicted molar refractivity (Wildman–Crippen MR) is 127 cm³/mol. The first-order chi connectivity index (χ1) is 15.0. The van der Waals surface area contributed by atoms with Gasteiger partial charge in [-0.3, -0.25) is 4.79 Å². The molecule has 6 rings (SSSR count). The Morgan fingerprint density at radius 1 is 1.19 bits per heavy atom. The average molecular weight is 448 g/mol. The molecule has 1 N–H and O–H groups in total. The molecule has 0 spiro atoms. The van der Waals surface area contributed by atoms with Gasteiger partial charge in [0.1, 0.15) is 17.2 Å². The third-order valence-corrected chi connectivity index (χ3v) is 7.88. The lowest BCUT2D eigenvalue weighted by molar-refractivity contribution is 0.0901. The van der Waals surface area contributed by atoms with Crippen molar-refractivity contribution >= 4 is 49.5 Å². The third kappa shape index (κ3) is 3.11. The summed E-state index contributed by atoms with van der Waals surface area (Å²) in [5.74, 6) is 0.828. The Bertz CT molecular complexity index is 1340. The first kappa shape index (κ1) is 18.8. The lowest BCUT2D eigenvalue weighted by Gasteiger charge is -2.29. The highest BCUT2D eigenvalue weighted by Gasteiger charge is 2.34. The van der Waals surface area contributed by atoms with Crippen molar-refractivity contribution in [2.24, 2.45) is 0 Å². The average Bonchev–Trinajstić information content (AvgIpc) is 3.36. The summed E-state index contributed by atoms with van der Waals surface area (Å²) in [5, 5.41) is 7.42. The van der Waals surface area contributed by atoms with Crippen molar-refractivity contribution in [2.45, 2.75) is 25.8 Å². The van der Waals surface area contributed by atoms with E-state index in [4.69, 9.17) is 9.72 Å². The number of anilines is 2. The second-order valence-corrected chi connectivity index (χ2v) is 10.5. The van der Waals surface area contributed by atoms with Crippen LogP contribution in [0.25, 0.3) is 21.2 Å². The van der Waals surface area contributed by atoms with Crippen LogP contribution < -0.4 is 15.0 Å². The number of nitrogens with zero attached hydrogens (tertiary/aromatic N) is 2. The number of rotatable bonds is 2. The van der Waals surface area contributed by atoms with E-state index < -0.39 is 0 Å². The summed E-state index contributed by atoms with van der Waals surface area (Å²) in [6.45, 7) is 5.37. The molecule has 0 saturated heterocycles. The first-order valence-electron chi connectivity index (χ1n) is 10.3. The number of thiazole rings is 1. The molecular formula is C24H21N3O2S2. The predicted octanol–water partition coefficient (Wildman–Crippen LogP) is 5.62. The van der Waals surface area contributed by atoms with Crippen LogP contribution in [0.1, 0.15) is 29.2 Å². The number of aromatic nitrogens is 1. The zero-order valence-corrected chi connectivity index (χ0v) is 18.9. The largest absolute Gasteiger partial charge is 0.490 e. The zero-order valence-electron chi connectivity index (χ0n) is 17.3. The van der Waals surface area contributed by atoms with Crippen molar-refractivity contribution < 1.29 is 9.53 Å². The van der Waals surface area contributed by atoms with E-state index >= 15 is 0 Å². The minimum atomic E-state index is -0.272. The highest BCUT2D eigenvalue weighted by atomic mass is 32.1. The Hall–Kier alpha value is -2.90. The summed E-state index contributed by atoms with van der Waals surface area (Å²) in [6, 6.07) is 14.8. The fourth-order valence-electron chi connectivity index (χ4n) is 4.36. The quantitative estimate of drug-likeness (QED) is 0.433. The lowest BCUT2D eigenvalue weighted by Crippen LogP contribution is -2.48. The van der Waals surface area contributed by atoms with Gasteiger partial charge in [-0.2, -0.15) is 0 Å². The molecule has 0 fully saturated rings. The van der Waals surface area contributed by atoms with Gasteiger partial charge in [0.05, 0.1) is 17.9 Å². The van der Waals surface area contributed by atoms with Gasteiger partial charge in [-0.25, -0.2) is 4.98 Å². The minimum Gasteiger partial charge on any atom is -0.490 e. The zero-order chi connectivity index (χ0) is 21.2. The van der Waals surface area contributed by atoms with Gasteiger partial charge in [-0.15, -0.1) is 11.3 Å². The Balaban J connectivity index is 1.44. The molecule has 0 unspecified atom stereocenters. The van der Waals surface area contributed by atoms with Gasteiger partial charge in [0.15, 0.2) is 5.13 Å². The Morgan fingerprint density at radius 2 is 2.06 bits per heavy atom. The van der Waals surface area contributed by atoms with Crippen molar-refractivity contribution in [3.63, 3.8) is 0 Å². The molecule has 7 heteroatoms. The van der Waals surface area contributed by atoms with Crippen LogP contribution in [0, 0.1) is 0 Å². The van der Waals surface area contributed by atoms with Crippen LogP contribution >= 0.6 is 22.7 Å². The monoisotopic (exact) mass is 447 g/mol. The fourth-order valence-corrected chi connectivity index (χ4v) is 6.35. The maximum Gasteiger partial charge on any atom is 0.263 e. The number of nitrogens with one attached hydrogen (secondary N) is 1. The van der Waals surface area contributed by atoms with E-state index in [1.54, 1.807) is 11.3 Å². The molecule has 31 heavy (non-hydrogen) atoms. The minimum absolute atomic E-state index is 0.0259. The number of fused-ring (bicyclic) bond motifs is 3. The van der Waals surface area contributed by atoms with Gasteiger partial charge in [0.2, 0.25) is 0 Å². The third-order valence-electron chi connectivity index (χ3n) is 5.80. The molecular weight excluding hydrogens is 426 g/mol. The molecule has 5 nitrogen and oxygen atoms in total. The molecule has 0 atom stereocenters. The highest BCUT2D eigenvalue weighted by Crippen LogP contribution is 2.44. The van der Waals surface area contributed by atoms with E-state index in [2.05, 4.69) is 52.0 Å². The summed E-state index contributed by atoms with van der Waals surface area (Å²) in [6.07, 6.45) is 0.739. The molecule has 2 aliphatic rings. The second-order valence-electron chi connectivity index (χ2n) is 8.62. The normalized spacial score (nSPS) is 17.1. The van der Waals surface area contributed by atoms with Crippen LogP contribution in [-0.4, -0.2) is 29.6 Å². The fraction of sp³-hybridized carbons (Fsp3) is 0.250. The van der Waals surface area contributed by atoms with Gasteiger partial charge in [-0.05, 0) is 43.0 Å². The Kier molecular flexibility index (Phi) is 4.13. The van der Waals surface area contributed by atoms with E-state index in [1.807, 2.05) is 19.9 Å². The van der Waals surface area contributed by atoms with Crippen molar-refractivity contribution in [2.75, 3.05) is 18.1 Å². The smallest absolute Gasteiger partial charge is 0.263 e. The first-order valence-corrected chi connectivity index (χ1v) is 12.0. The standard InChI is InChI=1S/C24H21N3O2S2/c1-24(2)12-17-21(22(28)26-24)31-23(25-17)27-9-10-29-19-8-7-14(11-18(19)27)16-13-30-20-6-4-3-5-15(16)20/h3-8,11,13H,9-10,12H2,1-2H3,(H,26,28). The Morgan fingerprint density at radius 3 is 2.97 bits per heavy atom.